The molecule has 1 atom stereocenters. The molecule has 0 saturated carbocycles. The number of rotatable bonds is 8. The van der Waals surface area contributed by atoms with Crippen LogP contribution in [0.2, 0.25) is 0 Å². The number of aryl methyl sites for hydroxylation is 2. The molecule has 1 N–H and O–H groups in total. The van der Waals surface area contributed by atoms with E-state index in [0.717, 1.165) is 29.8 Å². The number of benzene rings is 1. The molecule has 0 spiro atoms. The van der Waals surface area contributed by atoms with E-state index in [0.29, 0.717) is 18.7 Å². The normalized spacial score (nSPS) is 11.8. The maximum atomic E-state index is 12.4. The topological polar surface area (TPSA) is 73.2 Å². The summed E-state index contributed by atoms with van der Waals surface area (Å²) in [4.78, 5) is 24.3. The Hall–Kier alpha value is -2.63. The third-order valence-electron chi connectivity index (χ3n) is 4.07. The Morgan fingerprint density at radius 3 is 2.69 bits per heavy atom. The van der Waals surface area contributed by atoms with Crippen LogP contribution in [-0.2, 0) is 16.1 Å². The molecular formula is C20H27N3O3. The van der Waals surface area contributed by atoms with Crippen LogP contribution in [0.5, 0.6) is 0 Å². The lowest BCUT2D eigenvalue weighted by atomic mass is 10.1. The summed E-state index contributed by atoms with van der Waals surface area (Å²) >= 11 is 0. The van der Waals surface area contributed by atoms with Crippen molar-refractivity contribution < 1.29 is 14.3 Å². The Labute approximate surface area is 154 Å². The second kappa shape index (κ2) is 9.17. The van der Waals surface area contributed by atoms with Crippen LogP contribution in [0, 0.1) is 13.8 Å². The highest BCUT2D eigenvalue weighted by Crippen LogP contribution is 2.10. The Kier molecular flexibility index (Phi) is 6.95. The first-order valence-corrected chi connectivity index (χ1v) is 8.98. The molecule has 0 aliphatic rings. The van der Waals surface area contributed by atoms with Crippen LogP contribution in [-0.4, -0.2) is 34.3 Å². The van der Waals surface area contributed by atoms with Crippen LogP contribution >= 0.6 is 0 Å². The van der Waals surface area contributed by atoms with E-state index in [1.54, 1.807) is 13.0 Å². The number of nitrogens with zero attached hydrogens (tertiary/aromatic N) is 2. The molecular weight excluding hydrogens is 330 g/mol. The summed E-state index contributed by atoms with van der Waals surface area (Å²) in [5.41, 5.74) is 3.52. The van der Waals surface area contributed by atoms with E-state index < -0.39 is 12.0 Å². The number of esters is 1. The number of amides is 1. The molecule has 0 radical (unpaired) electrons. The maximum absolute atomic E-state index is 12.4. The van der Waals surface area contributed by atoms with Crippen molar-refractivity contribution >= 4 is 11.9 Å². The standard InChI is InChI=1S/C20H27N3O3/c1-5-6-10-26-20(25)16(4)21-19(24)18-9-7-8-17(12-18)13-23-15(3)11-14(2)22-23/h7-9,11-12,16H,5-6,10,13H2,1-4H3,(H,21,24)/t16-/m1/s1. The summed E-state index contributed by atoms with van der Waals surface area (Å²) in [7, 11) is 0. The van der Waals surface area contributed by atoms with Crippen molar-refractivity contribution in [3.8, 4) is 0 Å². The van der Waals surface area contributed by atoms with Crippen molar-refractivity contribution in [3.05, 3.63) is 52.8 Å². The molecule has 1 aromatic carbocycles. The van der Waals surface area contributed by atoms with E-state index in [9.17, 15) is 9.59 Å². The van der Waals surface area contributed by atoms with E-state index in [2.05, 4.69) is 10.4 Å². The summed E-state index contributed by atoms with van der Waals surface area (Å²) in [6, 6.07) is 8.67. The number of carbonyl (C=O) groups excluding carboxylic acids is 2. The molecule has 6 heteroatoms. The van der Waals surface area contributed by atoms with Gasteiger partial charge in [-0.3, -0.25) is 9.48 Å². The van der Waals surface area contributed by atoms with Crippen LogP contribution in [0.4, 0.5) is 0 Å². The number of hydrogen-bond acceptors (Lipinski definition) is 4. The van der Waals surface area contributed by atoms with Crippen LogP contribution < -0.4 is 5.32 Å². The number of ether oxygens (including phenoxy) is 1. The first-order valence-electron chi connectivity index (χ1n) is 8.98. The molecule has 26 heavy (non-hydrogen) atoms. The molecule has 1 heterocycles. The van der Waals surface area contributed by atoms with E-state index in [1.165, 1.54) is 0 Å². The van der Waals surface area contributed by atoms with Gasteiger partial charge < -0.3 is 10.1 Å². The molecule has 0 unspecified atom stereocenters. The third kappa shape index (κ3) is 5.44. The molecule has 0 aliphatic heterocycles. The van der Waals surface area contributed by atoms with Gasteiger partial charge in [0.15, 0.2) is 0 Å². The maximum Gasteiger partial charge on any atom is 0.328 e. The van der Waals surface area contributed by atoms with Crippen molar-refractivity contribution in [1.82, 2.24) is 15.1 Å². The highest BCUT2D eigenvalue weighted by Gasteiger charge is 2.18. The highest BCUT2D eigenvalue weighted by molar-refractivity contribution is 5.96. The molecule has 6 nitrogen and oxygen atoms in total. The fourth-order valence-electron chi connectivity index (χ4n) is 2.60. The van der Waals surface area contributed by atoms with Crippen LogP contribution in [0.25, 0.3) is 0 Å². The molecule has 2 rings (SSSR count). The fourth-order valence-corrected chi connectivity index (χ4v) is 2.60. The molecule has 0 bridgehead atoms. The Balaban J connectivity index is 1.99. The van der Waals surface area contributed by atoms with Crippen molar-refractivity contribution in [2.75, 3.05) is 6.61 Å². The van der Waals surface area contributed by atoms with Gasteiger partial charge in [-0.05, 0) is 51.0 Å². The van der Waals surface area contributed by atoms with Gasteiger partial charge in [0, 0.05) is 11.3 Å². The van der Waals surface area contributed by atoms with Crippen LogP contribution in [0.1, 0.15) is 54.0 Å². The number of hydrogen-bond donors (Lipinski definition) is 1. The van der Waals surface area contributed by atoms with Gasteiger partial charge in [-0.2, -0.15) is 5.10 Å². The predicted octanol–water partition coefficient (Wildman–Crippen LogP) is 3.01. The first-order chi connectivity index (χ1) is 12.4. The van der Waals surface area contributed by atoms with E-state index in [1.807, 2.05) is 49.7 Å². The summed E-state index contributed by atoms with van der Waals surface area (Å²) in [5, 5.41) is 7.14. The minimum absolute atomic E-state index is 0.292. The Bertz CT molecular complexity index is 767. The second-order valence-electron chi connectivity index (χ2n) is 6.50. The fraction of sp³-hybridized carbons (Fsp3) is 0.450. The average molecular weight is 357 g/mol. The molecule has 1 amide bonds. The zero-order valence-corrected chi connectivity index (χ0v) is 15.9. The SMILES string of the molecule is CCCCOC(=O)[C@@H](C)NC(=O)c1cccc(Cn2nc(C)cc2C)c1. The number of nitrogens with one attached hydrogen (secondary N) is 1. The lowest BCUT2D eigenvalue weighted by Gasteiger charge is -2.14. The van der Waals surface area contributed by atoms with E-state index >= 15 is 0 Å². The van der Waals surface area contributed by atoms with Gasteiger partial charge in [-0.1, -0.05) is 25.5 Å². The molecule has 2 aromatic rings. The van der Waals surface area contributed by atoms with Gasteiger partial charge in [0.05, 0.1) is 18.8 Å². The van der Waals surface area contributed by atoms with Crippen molar-refractivity contribution in [1.29, 1.82) is 0 Å². The molecule has 1 aromatic heterocycles. The number of unbranched alkanes of at least 4 members (excludes halogenated alkanes) is 1. The Morgan fingerprint density at radius 1 is 1.27 bits per heavy atom. The van der Waals surface area contributed by atoms with E-state index in [-0.39, 0.29) is 5.91 Å². The molecule has 140 valence electrons. The summed E-state index contributed by atoms with van der Waals surface area (Å²) in [5.74, 6) is -0.703. The average Bonchev–Trinajstić information content (AvgIpc) is 2.92. The summed E-state index contributed by atoms with van der Waals surface area (Å²) in [6.45, 7) is 8.59. The van der Waals surface area contributed by atoms with Crippen molar-refractivity contribution in [2.45, 2.75) is 53.1 Å². The quantitative estimate of drug-likeness (QED) is 0.582. The predicted molar refractivity (Wildman–Crippen MR) is 100 cm³/mol. The van der Waals surface area contributed by atoms with Gasteiger partial charge in [-0.25, -0.2) is 4.79 Å². The van der Waals surface area contributed by atoms with Crippen LogP contribution in [0.15, 0.2) is 30.3 Å². The lowest BCUT2D eigenvalue weighted by molar-refractivity contribution is -0.145. The minimum atomic E-state index is -0.681. The van der Waals surface area contributed by atoms with Gasteiger partial charge in [-0.15, -0.1) is 0 Å². The number of aromatic nitrogens is 2. The van der Waals surface area contributed by atoms with Gasteiger partial charge in [0.25, 0.3) is 5.91 Å². The monoisotopic (exact) mass is 357 g/mol. The van der Waals surface area contributed by atoms with Crippen LogP contribution in [0.3, 0.4) is 0 Å². The minimum Gasteiger partial charge on any atom is -0.464 e. The molecule has 0 aliphatic carbocycles. The highest BCUT2D eigenvalue weighted by atomic mass is 16.5. The molecule has 0 fully saturated rings. The van der Waals surface area contributed by atoms with Crippen molar-refractivity contribution in [2.24, 2.45) is 0 Å². The third-order valence-corrected chi connectivity index (χ3v) is 4.07. The molecule has 0 saturated heterocycles. The zero-order chi connectivity index (χ0) is 19.1. The van der Waals surface area contributed by atoms with Gasteiger partial charge in [0.1, 0.15) is 6.04 Å². The van der Waals surface area contributed by atoms with E-state index in [4.69, 9.17) is 4.74 Å². The largest absolute Gasteiger partial charge is 0.464 e. The Morgan fingerprint density at radius 2 is 2.04 bits per heavy atom. The summed E-state index contributed by atoms with van der Waals surface area (Å²) < 4.78 is 7.04. The first kappa shape index (κ1) is 19.7. The number of carbonyl (C=O) groups is 2. The summed E-state index contributed by atoms with van der Waals surface area (Å²) in [6.07, 6.45) is 1.77. The second-order valence-corrected chi connectivity index (χ2v) is 6.50. The van der Waals surface area contributed by atoms with Gasteiger partial charge >= 0.3 is 5.97 Å². The van der Waals surface area contributed by atoms with Crippen molar-refractivity contribution in [3.63, 3.8) is 0 Å². The lowest BCUT2D eigenvalue weighted by Crippen LogP contribution is -2.39. The van der Waals surface area contributed by atoms with Gasteiger partial charge in [0.2, 0.25) is 0 Å². The zero-order valence-electron chi connectivity index (χ0n) is 15.9. The smallest absolute Gasteiger partial charge is 0.328 e.